The van der Waals surface area contributed by atoms with E-state index in [9.17, 15) is 13.5 Å². The molecule has 2 aromatic carbocycles. The molecule has 8 nitrogen and oxygen atoms in total. The number of β-amino-alcohol motifs (C(OH)–C–C–N with tert-alkyl or cyclic N) is 1. The summed E-state index contributed by atoms with van der Waals surface area (Å²) in [5.74, 6) is 1.60. The first-order chi connectivity index (χ1) is 15.2. The maximum atomic E-state index is 13.0. The number of ether oxygens (including phenoxy) is 3. The zero-order valence-corrected chi connectivity index (χ0v) is 19.9. The van der Waals surface area contributed by atoms with Gasteiger partial charge in [0.05, 0.1) is 19.1 Å². The lowest BCUT2D eigenvalue weighted by Crippen LogP contribution is -2.50. The summed E-state index contributed by atoms with van der Waals surface area (Å²) in [6.07, 6.45) is -0.662. The van der Waals surface area contributed by atoms with Crippen LogP contribution in [0.15, 0.2) is 41.3 Å². The van der Waals surface area contributed by atoms with Crippen molar-refractivity contribution in [2.75, 3.05) is 53.6 Å². The van der Waals surface area contributed by atoms with Crippen LogP contribution in [0.5, 0.6) is 17.2 Å². The number of aryl methyl sites for hydroxylation is 2. The first kappa shape index (κ1) is 24.3. The van der Waals surface area contributed by atoms with Gasteiger partial charge in [-0.1, -0.05) is 6.07 Å². The van der Waals surface area contributed by atoms with Crippen LogP contribution in [0.25, 0.3) is 0 Å². The average Bonchev–Trinajstić information content (AvgIpc) is 2.77. The van der Waals surface area contributed by atoms with Crippen molar-refractivity contribution in [1.82, 2.24) is 9.21 Å². The lowest BCUT2D eigenvalue weighted by molar-refractivity contribution is 0.0568. The maximum absolute atomic E-state index is 13.0. The zero-order valence-electron chi connectivity index (χ0n) is 19.1. The van der Waals surface area contributed by atoms with Crippen molar-refractivity contribution < 1.29 is 27.7 Å². The lowest BCUT2D eigenvalue weighted by atomic mass is 10.1. The highest BCUT2D eigenvalue weighted by molar-refractivity contribution is 7.89. The molecule has 32 heavy (non-hydrogen) atoms. The number of hydrogen-bond donors (Lipinski definition) is 1. The van der Waals surface area contributed by atoms with Gasteiger partial charge in [0, 0.05) is 38.8 Å². The Morgan fingerprint density at radius 2 is 1.56 bits per heavy atom. The van der Waals surface area contributed by atoms with Gasteiger partial charge in [-0.05, 0) is 49.2 Å². The highest BCUT2D eigenvalue weighted by Crippen LogP contribution is 2.31. The third-order valence-corrected chi connectivity index (χ3v) is 7.33. The van der Waals surface area contributed by atoms with Crippen LogP contribution in [0.1, 0.15) is 11.1 Å². The first-order valence-corrected chi connectivity index (χ1v) is 12.0. The van der Waals surface area contributed by atoms with Crippen LogP contribution in [0.2, 0.25) is 0 Å². The summed E-state index contributed by atoms with van der Waals surface area (Å²) >= 11 is 0. The van der Waals surface area contributed by atoms with Crippen molar-refractivity contribution in [1.29, 1.82) is 0 Å². The molecule has 1 aliphatic rings. The smallest absolute Gasteiger partial charge is 0.243 e. The Labute approximate surface area is 190 Å². The quantitative estimate of drug-likeness (QED) is 0.608. The van der Waals surface area contributed by atoms with E-state index >= 15 is 0 Å². The highest BCUT2D eigenvalue weighted by Gasteiger charge is 2.30. The van der Waals surface area contributed by atoms with Gasteiger partial charge in [0.1, 0.15) is 18.5 Å². The molecule has 0 amide bonds. The third-order valence-electron chi connectivity index (χ3n) is 5.43. The Morgan fingerprint density at radius 1 is 0.938 bits per heavy atom. The molecule has 3 rings (SSSR count). The second-order valence-electron chi connectivity index (χ2n) is 8.01. The van der Waals surface area contributed by atoms with Gasteiger partial charge < -0.3 is 19.3 Å². The topological polar surface area (TPSA) is 88.5 Å². The first-order valence-electron chi connectivity index (χ1n) is 10.6. The molecule has 2 aromatic rings. The van der Waals surface area contributed by atoms with Crippen molar-refractivity contribution in [3.8, 4) is 17.2 Å². The van der Waals surface area contributed by atoms with E-state index in [2.05, 4.69) is 11.0 Å². The van der Waals surface area contributed by atoms with Crippen molar-refractivity contribution in [3.63, 3.8) is 0 Å². The fraction of sp³-hybridized carbons (Fsp3) is 0.478. The SMILES string of the molecule is COc1ccc(S(=O)(=O)N2CCN(CC(O)COc3cc(C)cc(C)c3)CC2)cc1OC. The van der Waals surface area contributed by atoms with Crippen LogP contribution in [0, 0.1) is 13.8 Å². The summed E-state index contributed by atoms with van der Waals surface area (Å²) in [6.45, 7) is 6.39. The average molecular weight is 465 g/mol. The maximum Gasteiger partial charge on any atom is 0.243 e. The van der Waals surface area contributed by atoms with Crippen molar-refractivity contribution in [2.24, 2.45) is 0 Å². The fourth-order valence-electron chi connectivity index (χ4n) is 3.84. The van der Waals surface area contributed by atoms with E-state index in [1.807, 2.05) is 26.0 Å². The molecule has 1 saturated heterocycles. The van der Waals surface area contributed by atoms with E-state index in [0.29, 0.717) is 44.2 Å². The monoisotopic (exact) mass is 464 g/mol. The van der Waals surface area contributed by atoms with Gasteiger partial charge in [0.25, 0.3) is 0 Å². The van der Waals surface area contributed by atoms with Gasteiger partial charge in [-0.3, -0.25) is 4.90 Å². The van der Waals surface area contributed by atoms with Crippen molar-refractivity contribution in [3.05, 3.63) is 47.5 Å². The Kier molecular flexibility index (Phi) is 8.00. The molecule has 1 N–H and O–H groups in total. The fourth-order valence-corrected chi connectivity index (χ4v) is 5.28. The van der Waals surface area contributed by atoms with E-state index in [1.165, 1.54) is 30.7 Å². The summed E-state index contributed by atoms with van der Waals surface area (Å²) in [6, 6.07) is 10.5. The van der Waals surface area contributed by atoms with Gasteiger partial charge >= 0.3 is 0 Å². The number of hydrogen-bond acceptors (Lipinski definition) is 7. The summed E-state index contributed by atoms with van der Waals surface area (Å²) < 4.78 is 43.7. The van der Waals surface area contributed by atoms with Crippen molar-refractivity contribution in [2.45, 2.75) is 24.8 Å². The molecule has 9 heteroatoms. The third kappa shape index (κ3) is 5.92. The largest absolute Gasteiger partial charge is 0.493 e. The second-order valence-corrected chi connectivity index (χ2v) is 9.95. The molecule has 176 valence electrons. The zero-order chi connectivity index (χ0) is 23.3. The van der Waals surface area contributed by atoms with Crippen LogP contribution in [0.4, 0.5) is 0 Å². The molecule has 0 aromatic heterocycles. The second kappa shape index (κ2) is 10.5. The highest BCUT2D eigenvalue weighted by atomic mass is 32.2. The van der Waals surface area contributed by atoms with Gasteiger partial charge in [0.2, 0.25) is 10.0 Å². The van der Waals surface area contributed by atoms with Crippen LogP contribution < -0.4 is 14.2 Å². The molecular weight excluding hydrogens is 432 g/mol. The molecule has 1 atom stereocenters. The van der Waals surface area contributed by atoms with Gasteiger partial charge in [0.15, 0.2) is 11.5 Å². The molecular formula is C23H32N2O6S. The summed E-state index contributed by atoms with van der Waals surface area (Å²) in [5, 5.41) is 10.4. The summed E-state index contributed by atoms with van der Waals surface area (Å²) in [7, 11) is -0.661. The molecule has 0 radical (unpaired) electrons. The minimum atomic E-state index is -3.64. The van der Waals surface area contributed by atoms with E-state index in [-0.39, 0.29) is 11.5 Å². The van der Waals surface area contributed by atoms with E-state index < -0.39 is 16.1 Å². The summed E-state index contributed by atoms with van der Waals surface area (Å²) in [4.78, 5) is 2.22. The van der Waals surface area contributed by atoms with E-state index in [1.54, 1.807) is 6.07 Å². The molecule has 0 saturated carbocycles. The standard InChI is InChI=1S/C23H32N2O6S/c1-17-11-18(2)13-20(12-17)31-16-19(26)15-24-7-9-25(10-8-24)32(27,28)21-5-6-22(29-3)23(14-21)30-4/h5-6,11-14,19,26H,7-10,15-16H2,1-4H3. The normalized spacial score (nSPS) is 16.5. The Morgan fingerprint density at radius 3 is 2.16 bits per heavy atom. The van der Waals surface area contributed by atoms with Crippen LogP contribution in [0.3, 0.4) is 0 Å². The van der Waals surface area contributed by atoms with Crippen LogP contribution >= 0.6 is 0 Å². The van der Waals surface area contributed by atoms with Gasteiger partial charge in [-0.25, -0.2) is 8.42 Å². The molecule has 1 fully saturated rings. The number of aliphatic hydroxyl groups is 1. The van der Waals surface area contributed by atoms with E-state index in [4.69, 9.17) is 14.2 Å². The van der Waals surface area contributed by atoms with Gasteiger partial charge in [-0.15, -0.1) is 0 Å². The molecule has 1 heterocycles. The number of methoxy groups -OCH3 is 2. The van der Waals surface area contributed by atoms with Crippen LogP contribution in [-0.4, -0.2) is 82.4 Å². The number of nitrogens with zero attached hydrogens (tertiary/aromatic N) is 2. The molecule has 0 spiro atoms. The van der Waals surface area contributed by atoms with E-state index in [0.717, 1.165) is 16.9 Å². The minimum Gasteiger partial charge on any atom is -0.493 e. The Hall–Kier alpha value is -2.33. The summed E-state index contributed by atoms with van der Waals surface area (Å²) in [5.41, 5.74) is 2.22. The number of aliphatic hydroxyl groups excluding tert-OH is 1. The predicted molar refractivity (Wildman–Crippen MR) is 122 cm³/mol. The molecule has 1 aliphatic heterocycles. The number of piperazine rings is 1. The van der Waals surface area contributed by atoms with Gasteiger partial charge in [-0.2, -0.15) is 4.31 Å². The minimum absolute atomic E-state index is 0.172. The lowest BCUT2D eigenvalue weighted by Gasteiger charge is -2.34. The number of benzene rings is 2. The number of sulfonamides is 1. The molecule has 0 aliphatic carbocycles. The molecule has 0 bridgehead atoms. The Bertz CT molecular complexity index is 999. The predicted octanol–water partition coefficient (Wildman–Crippen LogP) is 2.07. The van der Waals surface area contributed by atoms with Crippen molar-refractivity contribution >= 4 is 10.0 Å². The Balaban J connectivity index is 1.53. The van der Waals surface area contributed by atoms with Crippen LogP contribution in [-0.2, 0) is 10.0 Å². The molecule has 1 unspecified atom stereocenters. The number of rotatable bonds is 9.